The summed E-state index contributed by atoms with van der Waals surface area (Å²) in [5.41, 5.74) is 0. The zero-order valence-corrected chi connectivity index (χ0v) is 9.39. The minimum Gasteiger partial charge on any atom is -0.469 e. The quantitative estimate of drug-likeness (QED) is 0.851. The van der Waals surface area contributed by atoms with E-state index in [4.69, 9.17) is 0 Å². The summed E-state index contributed by atoms with van der Waals surface area (Å²) in [7, 11) is 1.30. The molecular formula is C8H9BrO3S. The van der Waals surface area contributed by atoms with Gasteiger partial charge in [0.15, 0.2) is 0 Å². The molecule has 1 rings (SSSR count). The van der Waals surface area contributed by atoms with E-state index in [0.29, 0.717) is 0 Å². The van der Waals surface area contributed by atoms with Crippen LogP contribution < -0.4 is 0 Å². The van der Waals surface area contributed by atoms with Crippen LogP contribution in [0.1, 0.15) is 17.4 Å². The van der Waals surface area contributed by atoms with E-state index in [2.05, 4.69) is 20.7 Å². The number of carbonyl (C=O) groups is 1. The molecule has 0 amide bonds. The fraction of sp³-hybridized carbons (Fsp3) is 0.375. The molecule has 1 N–H and O–H groups in total. The molecule has 0 saturated carbocycles. The van der Waals surface area contributed by atoms with Crippen LogP contribution in [0.4, 0.5) is 0 Å². The Labute approximate surface area is 88.5 Å². The third-order valence-corrected chi connectivity index (χ3v) is 3.30. The Morgan fingerprint density at radius 2 is 2.54 bits per heavy atom. The largest absolute Gasteiger partial charge is 0.469 e. The van der Waals surface area contributed by atoms with Crippen molar-refractivity contribution in [3.05, 3.63) is 20.8 Å². The van der Waals surface area contributed by atoms with Crippen LogP contribution in [0.2, 0.25) is 0 Å². The average molecular weight is 265 g/mol. The van der Waals surface area contributed by atoms with Crippen LogP contribution in [0.25, 0.3) is 0 Å². The van der Waals surface area contributed by atoms with E-state index in [9.17, 15) is 9.90 Å². The lowest BCUT2D eigenvalue weighted by Gasteiger charge is -2.05. The molecule has 1 aromatic heterocycles. The fourth-order valence-corrected chi connectivity index (χ4v) is 2.28. The Bertz CT molecular complexity index is 297. The predicted molar refractivity (Wildman–Crippen MR) is 53.6 cm³/mol. The molecule has 0 fully saturated rings. The summed E-state index contributed by atoms with van der Waals surface area (Å²) >= 11 is 4.67. The second-order valence-electron chi connectivity index (χ2n) is 2.46. The number of hydrogen-bond acceptors (Lipinski definition) is 4. The number of esters is 1. The second kappa shape index (κ2) is 4.74. The number of halogens is 1. The molecule has 1 atom stereocenters. The number of aliphatic hydroxyl groups excluding tert-OH is 1. The van der Waals surface area contributed by atoms with Crippen LogP contribution in [0.3, 0.4) is 0 Å². The monoisotopic (exact) mass is 264 g/mol. The highest BCUT2D eigenvalue weighted by atomic mass is 79.9. The van der Waals surface area contributed by atoms with Crippen molar-refractivity contribution in [2.24, 2.45) is 0 Å². The topological polar surface area (TPSA) is 46.5 Å². The van der Waals surface area contributed by atoms with Crippen molar-refractivity contribution in [2.45, 2.75) is 12.5 Å². The number of hydrogen-bond donors (Lipinski definition) is 1. The van der Waals surface area contributed by atoms with E-state index in [-0.39, 0.29) is 6.42 Å². The average Bonchev–Trinajstić information content (AvgIpc) is 2.51. The first-order valence-electron chi connectivity index (χ1n) is 3.62. The van der Waals surface area contributed by atoms with Crippen molar-refractivity contribution in [1.82, 2.24) is 0 Å². The van der Waals surface area contributed by atoms with Crippen molar-refractivity contribution in [3.8, 4) is 0 Å². The molecule has 0 radical (unpaired) electrons. The molecule has 1 heterocycles. The van der Waals surface area contributed by atoms with Gasteiger partial charge in [-0.15, -0.1) is 11.3 Å². The highest BCUT2D eigenvalue weighted by Gasteiger charge is 2.14. The van der Waals surface area contributed by atoms with E-state index in [0.717, 1.165) is 9.35 Å². The van der Waals surface area contributed by atoms with Gasteiger partial charge in [-0.3, -0.25) is 4.79 Å². The van der Waals surface area contributed by atoms with Gasteiger partial charge in [-0.1, -0.05) is 0 Å². The summed E-state index contributed by atoms with van der Waals surface area (Å²) in [5.74, 6) is -0.406. The first kappa shape index (κ1) is 10.7. The zero-order chi connectivity index (χ0) is 9.84. The molecule has 72 valence electrons. The summed E-state index contributed by atoms with van der Waals surface area (Å²) in [6.45, 7) is 0. The van der Waals surface area contributed by atoms with Gasteiger partial charge in [0.25, 0.3) is 0 Å². The van der Waals surface area contributed by atoms with Gasteiger partial charge in [-0.2, -0.15) is 0 Å². The molecule has 0 bridgehead atoms. The van der Waals surface area contributed by atoms with Gasteiger partial charge in [-0.05, 0) is 22.0 Å². The van der Waals surface area contributed by atoms with Gasteiger partial charge in [0.1, 0.15) is 0 Å². The van der Waals surface area contributed by atoms with Crippen LogP contribution in [0.15, 0.2) is 15.9 Å². The number of aliphatic hydroxyl groups is 1. The van der Waals surface area contributed by atoms with Crippen LogP contribution in [-0.2, 0) is 9.53 Å². The molecule has 13 heavy (non-hydrogen) atoms. The summed E-state index contributed by atoms with van der Waals surface area (Å²) in [6, 6.07) is 1.79. The predicted octanol–water partition coefficient (Wildman–Crippen LogP) is 2.11. The molecular weight excluding hydrogens is 256 g/mol. The number of rotatable bonds is 3. The smallest absolute Gasteiger partial charge is 0.308 e. The molecule has 0 aliphatic rings. The summed E-state index contributed by atoms with van der Waals surface area (Å²) in [4.78, 5) is 11.6. The van der Waals surface area contributed by atoms with Crippen LogP contribution in [0, 0.1) is 0 Å². The van der Waals surface area contributed by atoms with Crippen LogP contribution >= 0.6 is 27.3 Å². The summed E-state index contributed by atoms with van der Waals surface area (Å²) in [5, 5.41) is 11.4. The second-order valence-corrected chi connectivity index (χ2v) is 4.32. The van der Waals surface area contributed by atoms with E-state index in [1.807, 2.05) is 5.38 Å². The Kier molecular flexibility index (Phi) is 3.90. The van der Waals surface area contributed by atoms with E-state index in [1.165, 1.54) is 18.4 Å². The molecule has 0 aliphatic carbocycles. The number of ether oxygens (including phenoxy) is 1. The van der Waals surface area contributed by atoms with Gasteiger partial charge in [0.05, 0.1) is 19.6 Å². The minimum atomic E-state index is -0.760. The highest BCUT2D eigenvalue weighted by Crippen LogP contribution is 2.27. The lowest BCUT2D eigenvalue weighted by molar-refractivity contribution is -0.142. The SMILES string of the molecule is COC(=O)C[C@@H](O)c1cc(Br)cs1. The summed E-state index contributed by atoms with van der Waals surface area (Å²) in [6.07, 6.45) is -0.757. The number of carbonyl (C=O) groups excluding carboxylic acids is 1. The molecule has 0 unspecified atom stereocenters. The maximum atomic E-state index is 10.8. The Balaban J connectivity index is 2.58. The fourth-order valence-electron chi connectivity index (χ4n) is 0.845. The molecule has 0 aliphatic heterocycles. The first-order valence-corrected chi connectivity index (χ1v) is 5.29. The Morgan fingerprint density at radius 1 is 1.85 bits per heavy atom. The van der Waals surface area contributed by atoms with Crippen molar-refractivity contribution < 1.29 is 14.6 Å². The molecule has 0 spiro atoms. The molecule has 3 nitrogen and oxygen atoms in total. The van der Waals surface area contributed by atoms with E-state index < -0.39 is 12.1 Å². The van der Waals surface area contributed by atoms with Gasteiger partial charge < -0.3 is 9.84 Å². The van der Waals surface area contributed by atoms with Gasteiger partial charge in [0, 0.05) is 14.7 Å². The van der Waals surface area contributed by atoms with Gasteiger partial charge in [0.2, 0.25) is 0 Å². The Hall–Kier alpha value is -0.390. The number of methoxy groups -OCH3 is 1. The lowest BCUT2D eigenvalue weighted by Crippen LogP contribution is -2.06. The third kappa shape index (κ3) is 3.10. The van der Waals surface area contributed by atoms with Gasteiger partial charge >= 0.3 is 5.97 Å². The van der Waals surface area contributed by atoms with Crippen LogP contribution in [0.5, 0.6) is 0 Å². The van der Waals surface area contributed by atoms with E-state index >= 15 is 0 Å². The van der Waals surface area contributed by atoms with Crippen molar-refractivity contribution >= 4 is 33.2 Å². The highest BCUT2D eigenvalue weighted by molar-refractivity contribution is 9.10. The maximum absolute atomic E-state index is 10.8. The minimum absolute atomic E-state index is 0.00343. The molecule has 0 saturated heterocycles. The van der Waals surface area contributed by atoms with E-state index in [1.54, 1.807) is 6.07 Å². The maximum Gasteiger partial charge on any atom is 0.308 e. The van der Waals surface area contributed by atoms with Crippen molar-refractivity contribution in [3.63, 3.8) is 0 Å². The number of thiophene rings is 1. The van der Waals surface area contributed by atoms with Crippen molar-refractivity contribution in [1.29, 1.82) is 0 Å². The van der Waals surface area contributed by atoms with Crippen LogP contribution in [-0.4, -0.2) is 18.2 Å². The Morgan fingerprint density at radius 3 is 3.00 bits per heavy atom. The lowest BCUT2D eigenvalue weighted by atomic mass is 10.2. The van der Waals surface area contributed by atoms with Crippen molar-refractivity contribution in [2.75, 3.05) is 7.11 Å². The molecule has 5 heteroatoms. The summed E-state index contributed by atoms with van der Waals surface area (Å²) < 4.78 is 5.36. The standard InChI is InChI=1S/C8H9BrO3S/c1-12-8(11)3-6(10)7-2-5(9)4-13-7/h2,4,6,10H,3H2,1H3/t6-/m1/s1. The molecule has 0 aromatic carbocycles. The molecule has 1 aromatic rings. The van der Waals surface area contributed by atoms with Gasteiger partial charge in [-0.25, -0.2) is 0 Å². The third-order valence-electron chi connectivity index (χ3n) is 1.50. The zero-order valence-electron chi connectivity index (χ0n) is 6.99. The normalized spacial score (nSPS) is 12.5. The first-order chi connectivity index (χ1) is 6.13.